The molecule has 0 aliphatic carbocycles. The Hall–Kier alpha value is -3.68. The van der Waals surface area contributed by atoms with Gasteiger partial charge < -0.3 is 20.3 Å². The van der Waals surface area contributed by atoms with Crippen LogP contribution in [0.15, 0.2) is 48.5 Å². The number of hydrogen-bond donors (Lipinski definition) is 2. The summed E-state index contributed by atoms with van der Waals surface area (Å²) in [7, 11) is 0. The Kier molecular flexibility index (Phi) is 6.69. The number of nitrogens with zero attached hydrogens (tertiary/aromatic N) is 1. The molecule has 0 aromatic heterocycles. The van der Waals surface area contributed by atoms with E-state index in [0.29, 0.717) is 16.9 Å². The van der Waals surface area contributed by atoms with E-state index in [1.165, 1.54) is 11.8 Å². The Bertz CT molecular complexity index is 1020. The molecule has 162 valence electrons. The molecule has 1 heterocycles. The quantitative estimate of drug-likeness (QED) is 0.719. The minimum atomic E-state index is -0.932. The van der Waals surface area contributed by atoms with E-state index in [-0.39, 0.29) is 12.3 Å². The number of ether oxygens (including phenoxy) is 1. The fourth-order valence-electron chi connectivity index (χ4n) is 3.42. The van der Waals surface area contributed by atoms with Crippen LogP contribution in [-0.4, -0.2) is 42.4 Å². The second-order valence-corrected chi connectivity index (χ2v) is 7.55. The highest BCUT2D eigenvalue weighted by Crippen LogP contribution is 2.31. The summed E-state index contributed by atoms with van der Waals surface area (Å²) in [6.45, 7) is 4.61. The van der Waals surface area contributed by atoms with Gasteiger partial charge in [-0.1, -0.05) is 29.8 Å². The molecule has 2 atom stereocenters. The average Bonchev–Trinajstić information content (AvgIpc) is 2.85. The number of fused-ring (bicyclic) bond motifs is 1. The van der Waals surface area contributed by atoms with Crippen molar-refractivity contribution >= 4 is 35.1 Å². The van der Waals surface area contributed by atoms with E-state index in [1.807, 2.05) is 13.0 Å². The van der Waals surface area contributed by atoms with Crippen LogP contribution in [-0.2, 0) is 19.1 Å². The van der Waals surface area contributed by atoms with Gasteiger partial charge in [0.25, 0.3) is 11.8 Å². The van der Waals surface area contributed by atoms with Crippen molar-refractivity contribution in [3.8, 4) is 0 Å². The van der Waals surface area contributed by atoms with Crippen LogP contribution in [0.3, 0.4) is 0 Å². The highest BCUT2D eigenvalue weighted by Gasteiger charge is 2.30. The zero-order chi connectivity index (χ0) is 22.5. The van der Waals surface area contributed by atoms with Gasteiger partial charge in [0.2, 0.25) is 5.91 Å². The third-order valence-electron chi connectivity index (χ3n) is 4.95. The number of para-hydroxylation sites is 2. The van der Waals surface area contributed by atoms with Gasteiger partial charge >= 0.3 is 5.97 Å². The first-order valence-electron chi connectivity index (χ1n) is 10.0. The first-order valence-corrected chi connectivity index (χ1v) is 10.0. The maximum absolute atomic E-state index is 12.9. The van der Waals surface area contributed by atoms with Crippen molar-refractivity contribution in [3.05, 3.63) is 59.7 Å². The molecule has 8 heteroatoms. The van der Waals surface area contributed by atoms with Crippen molar-refractivity contribution < 1.29 is 23.9 Å². The molecule has 2 aromatic rings. The molecule has 2 aromatic carbocycles. The molecule has 1 aliphatic heterocycles. The van der Waals surface area contributed by atoms with Gasteiger partial charge in [-0.15, -0.1) is 0 Å². The lowest BCUT2D eigenvalue weighted by atomic mass is 10.1. The molecule has 31 heavy (non-hydrogen) atoms. The number of benzene rings is 2. The zero-order valence-electron chi connectivity index (χ0n) is 17.7. The molecule has 0 saturated heterocycles. The van der Waals surface area contributed by atoms with Crippen LogP contribution >= 0.6 is 0 Å². The SMILES string of the molecule is Cc1cccc(C(=O)N[C@@H](C)C(=O)OCC(=O)N2c3ccccc3NC(=O)C[C@H]2C)c1. The van der Waals surface area contributed by atoms with Crippen LogP contribution in [0.25, 0.3) is 0 Å². The molecule has 3 amide bonds. The van der Waals surface area contributed by atoms with Crippen molar-refractivity contribution in [1.82, 2.24) is 5.32 Å². The summed E-state index contributed by atoms with van der Waals surface area (Å²) in [6.07, 6.45) is 0.122. The predicted octanol–water partition coefficient (Wildman–Crippen LogP) is 2.42. The molecule has 0 bridgehead atoms. The number of esters is 1. The summed E-state index contributed by atoms with van der Waals surface area (Å²) < 4.78 is 5.16. The standard InChI is InChI=1S/C23H25N3O5/c1-14-7-6-8-17(11-14)22(29)24-16(3)23(30)31-13-21(28)26-15(2)12-20(27)25-18-9-4-5-10-19(18)26/h4-11,15-16H,12-13H2,1-3H3,(H,24,29)(H,25,27)/t15-,16+/m1/s1. The van der Waals surface area contributed by atoms with Crippen LogP contribution in [0, 0.1) is 6.92 Å². The zero-order valence-corrected chi connectivity index (χ0v) is 17.7. The van der Waals surface area contributed by atoms with Gasteiger partial charge in [-0.2, -0.15) is 0 Å². The number of carbonyl (C=O) groups is 4. The number of anilines is 2. The van der Waals surface area contributed by atoms with Crippen LogP contribution in [0.4, 0.5) is 11.4 Å². The second kappa shape index (κ2) is 9.42. The number of carbonyl (C=O) groups excluding carboxylic acids is 4. The number of nitrogens with one attached hydrogen (secondary N) is 2. The number of aryl methyl sites for hydroxylation is 1. The molecule has 0 saturated carbocycles. The average molecular weight is 423 g/mol. The molecule has 2 N–H and O–H groups in total. The first-order chi connectivity index (χ1) is 14.8. The van der Waals surface area contributed by atoms with E-state index < -0.39 is 36.5 Å². The van der Waals surface area contributed by atoms with Crippen molar-refractivity contribution in [2.24, 2.45) is 0 Å². The summed E-state index contributed by atoms with van der Waals surface area (Å²) >= 11 is 0. The molecule has 0 radical (unpaired) electrons. The highest BCUT2D eigenvalue weighted by molar-refractivity contribution is 6.05. The van der Waals surface area contributed by atoms with Crippen LogP contribution < -0.4 is 15.5 Å². The molecule has 0 unspecified atom stereocenters. The van der Waals surface area contributed by atoms with Crippen molar-refractivity contribution in [2.45, 2.75) is 39.3 Å². The lowest BCUT2D eigenvalue weighted by molar-refractivity contribution is -0.149. The van der Waals surface area contributed by atoms with Crippen molar-refractivity contribution in [3.63, 3.8) is 0 Å². The van der Waals surface area contributed by atoms with E-state index in [1.54, 1.807) is 49.4 Å². The van der Waals surface area contributed by atoms with Gasteiger partial charge in [0.05, 0.1) is 11.4 Å². The van der Waals surface area contributed by atoms with Crippen LogP contribution in [0.2, 0.25) is 0 Å². The normalized spacial score (nSPS) is 16.4. The summed E-state index contributed by atoms with van der Waals surface area (Å²) in [5.74, 6) is -1.78. The fourth-order valence-corrected chi connectivity index (χ4v) is 3.42. The monoisotopic (exact) mass is 423 g/mol. The van der Waals surface area contributed by atoms with Crippen LogP contribution in [0.1, 0.15) is 36.2 Å². The molecule has 8 nitrogen and oxygen atoms in total. The maximum Gasteiger partial charge on any atom is 0.328 e. The summed E-state index contributed by atoms with van der Waals surface area (Å²) in [5, 5.41) is 5.35. The summed E-state index contributed by atoms with van der Waals surface area (Å²) in [6, 6.07) is 12.6. The van der Waals surface area contributed by atoms with Gasteiger partial charge in [-0.05, 0) is 45.0 Å². The van der Waals surface area contributed by atoms with Crippen LogP contribution in [0.5, 0.6) is 0 Å². The Morgan fingerprint density at radius 1 is 1.19 bits per heavy atom. The minimum Gasteiger partial charge on any atom is -0.454 e. The molecule has 0 fully saturated rings. The summed E-state index contributed by atoms with van der Waals surface area (Å²) in [4.78, 5) is 51.0. The van der Waals surface area contributed by atoms with Gasteiger partial charge in [0.15, 0.2) is 6.61 Å². The lowest BCUT2D eigenvalue weighted by Crippen LogP contribution is -2.44. The molecule has 3 rings (SSSR count). The first kappa shape index (κ1) is 22.0. The Morgan fingerprint density at radius 2 is 1.94 bits per heavy atom. The Labute approximate surface area is 180 Å². The minimum absolute atomic E-state index is 0.122. The molecular weight excluding hydrogens is 398 g/mol. The van der Waals surface area contributed by atoms with Crippen molar-refractivity contribution in [1.29, 1.82) is 0 Å². The molecular formula is C23H25N3O5. The van der Waals surface area contributed by atoms with Gasteiger partial charge in [-0.3, -0.25) is 14.4 Å². The lowest BCUT2D eigenvalue weighted by Gasteiger charge is -2.27. The highest BCUT2D eigenvalue weighted by atomic mass is 16.5. The maximum atomic E-state index is 12.9. The second-order valence-electron chi connectivity index (χ2n) is 7.55. The smallest absolute Gasteiger partial charge is 0.328 e. The van der Waals surface area contributed by atoms with E-state index in [0.717, 1.165) is 5.56 Å². The van der Waals surface area contributed by atoms with Crippen molar-refractivity contribution in [2.75, 3.05) is 16.8 Å². The van der Waals surface area contributed by atoms with E-state index in [9.17, 15) is 19.2 Å². The third kappa shape index (κ3) is 5.28. The fraction of sp³-hybridized carbons (Fsp3) is 0.304. The third-order valence-corrected chi connectivity index (χ3v) is 4.95. The van der Waals surface area contributed by atoms with Gasteiger partial charge in [0.1, 0.15) is 6.04 Å². The van der Waals surface area contributed by atoms with E-state index in [4.69, 9.17) is 4.74 Å². The number of hydrogen-bond acceptors (Lipinski definition) is 5. The molecule has 0 spiro atoms. The van der Waals surface area contributed by atoms with E-state index in [2.05, 4.69) is 10.6 Å². The summed E-state index contributed by atoms with van der Waals surface area (Å²) in [5.41, 5.74) is 2.43. The number of rotatable bonds is 5. The Morgan fingerprint density at radius 3 is 2.68 bits per heavy atom. The van der Waals surface area contributed by atoms with E-state index >= 15 is 0 Å². The number of amides is 3. The largest absolute Gasteiger partial charge is 0.454 e. The predicted molar refractivity (Wildman–Crippen MR) is 116 cm³/mol. The van der Waals surface area contributed by atoms with Gasteiger partial charge in [0, 0.05) is 18.0 Å². The molecule has 1 aliphatic rings. The van der Waals surface area contributed by atoms with Gasteiger partial charge in [-0.25, -0.2) is 4.79 Å². The Balaban J connectivity index is 1.62. The topological polar surface area (TPSA) is 105 Å².